The van der Waals surface area contributed by atoms with Crippen LogP contribution in [0.25, 0.3) is 11.4 Å². The van der Waals surface area contributed by atoms with E-state index in [0.29, 0.717) is 0 Å². The van der Waals surface area contributed by atoms with Crippen molar-refractivity contribution in [2.24, 2.45) is 0 Å². The van der Waals surface area contributed by atoms with Crippen molar-refractivity contribution >= 4 is 11.6 Å². The van der Waals surface area contributed by atoms with Crippen molar-refractivity contribution in [3.05, 3.63) is 35.6 Å². The van der Waals surface area contributed by atoms with Gasteiger partial charge in [-0.25, -0.2) is 0 Å². The maximum absolute atomic E-state index is 5.86. The van der Waals surface area contributed by atoms with Gasteiger partial charge in [0.1, 0.15) is 6.33 Å². The molecular formula is C12H14ClN3. The molecule has 0 aliphatic heterocycles. The second kappa shape index (κ2) is 3.91. The van der Waals surface area contributed by atoms with Gasteiger partial charge >= 0.3 is 0 Å². The van der Waals surface area contributed by atoms with E-state index in [1.807, 2.05) is 24.3 Å². The lowest BCUT2D eigenvalue weighted by molar-refractivity contribution is 0.400. The smallest absolute Gasteiger partial charge is 0.164 e. The molecule has 0 saturated carbocycles. The van der Waals surface area contributed by atoms with Crippen molar-refractivity contribution in [2.45, 2.75) is 26.3 Å². The molecule has 1 aromatic carbocycles. The molecule has 0 radical (unpaired) electrons. The average Bonchev–Trinajstić information content (AvgIpc) is 2.66. The van der Waals surface area contributed by atoms with E-state index in [1.54, 1.807) is 6.33 Å². The first kappa shape index (κ1) is 11.1. The predicted octanol–water partition coefficient (Wildman–Crippen LogP) is 3.35. The Kier molecular flexibility index (Phi) is 2.72. The second-order valence-electron chi connectivity index (χ2n) is 4.70. The lowest BCUT2D eigenvalue weighted by atomic mass is 10.1. The quantitative estimate of drug-likeness (QED) is 0.759. The molecule has 16 heavy (non-hydrogen) atoms. The first-order valence-electron chi connectivity index (χ1n) is 5.15. The van der Waals surface area contributed by atoms with Gasteiger partial charge < -0.3 is 4.57 Å². The Labute approximate surface area is 100 Å². The van der Waals surface area contributed by atoms with Gasteiger partial charge in [-0.15, -0.1) is 10.2 Å². The lowest BCUT2D eigenvalue weighted by Gasteiger charge is -2.22. The number of nitrogens with zero attached hydrogens (tertiary/aromatic N) is 3. The first-order valence-corrected chi connectivity index (χ1v) is 5.53. The van der Waals surface area contributed by atoms with Crippen molar-refractivity contribution < 1.29 is 0 Å². The van der Waals surface area contributed by atoms with Crippen LogP contribution in [0.15, 0.2) is 30.6 Å². The number of hydrogen-bond acceptors (Lipinski definition) is 2. The normalized spacial score (nSPS) is 11.8. The topological polar surface area (TPSA) is 30.7 Å². The standard InChI is InChI=1S/C12H14ClN3/c1-12(2,3)16-8-14-15-11(16)9-4-6-10(13)7-5-9/h4-8H,1-3H3. The van der Waals surface area contributed by atoms with Crippen LogP contribution in [0.5, 0.6) is 0 Å². The molecule has 0 fully saturated rings. The van der Waals surface area contributed by atoms with Crippen LogP contribution in [-0.4, -0.2) is 14.8 Å². The summed E-state index contributed by atoms with van der Waals surface area (Å²) in [5.74, 6) is 0.865. The SMILES string of the molecule is CC(C)(C)n1cnnc1-c1ccc(Cl)cc1. The number of hydrogen-bond donors (Lipinski definition) is 0. The average molecular weight is 236 g/mol. The molecule has 0 spiro atoms. The molecule has 84 valence electrons. The Morgan fingerprint density at radius 3 is 2.31 bits per heavy atom. The largest absolute Gasteiger partial charge is 0.308 e. The molecule has 0 amide bonds. The van der Waals surface area contributed by atoms with E-state index >= 15 is 0 Å². The Hall–Kier alpha value is -1.35. The van der Waals surface area contributed by atoms with Gasteiger partial charge in [0.25, 0.3) is 0 Å². The molecule has 0 bridgehead atoms. The van der Waals surface area contributed by atoms with Gasteiger partial charge in [-0.1, -0.05) is 11.6 Å². The molecule has 1 heterocycles. The van der Waals surface area contributed by atoms with E-state index in [2.05, 4.69) is 35.5 Å². The van der Waals surface area contributed by atoms with Crippen LogP contribution in [0.2, 0.25) is 5.02 Å². The molecule has 4 heteroatoms. The van der Waals surface area contributed by atoms with Crippen LogP contribution in [0.1, 0.15) is 20.8 Å². The fraction of sp³-hybridized carbons (Fsp3) is 0.333. The molecular weight excluding hydrogens is 222 g/mol. The van der Waals surface area contributed by atoms with E-state index in [-0.39, 0.29) is 5.54 Å². The minimum absolute atomic E-state index is 0.0293. The van der Waals surface area contributed by atoms with Crippen LogP contribution in [0, 0.1) is 0 Å². The number of benzene rings is 1. The number of aromatic nitrogens is 3. The van der Waals surface area contributed by atoms with Crippen molar-refractivity contribution in [3.8, 4) is 11.4 Å². The zero-order chi connectivity index (χ0) is 11.8. The second-order valence-corrected chi connectivity index (χ2v) is 5.14. The maximum Gasteiger partial charge on any atom is 0.164 e. The van der Waals surface area contributed by atoms with Crippen LogP contribution < -0.4 is 0 Å². The summed E-state index contributed by atoms with van der Waals surface area (Å²) < 4.78 is 2.05. The molecule has 1 aromatic heterocycles. The van der Waals surface area contributed by atoms with Crippen LogP contribution in [-0.2, 0) is 5.54 Å². The molecule has 0 aliphatic rings. The molecule has 2 rings (SSSR count). The van der Waals surface area contributed by atoms with E-state index in [0.717, 1.165) is 16.4 Å². The summed E-state index contributed by atoms with van der Waals surface area (Å²) in [6, 6.07) is 7.63. The number of halogens is 1. The van der Waals surface area contributed by atoms with Crippen molar-refractivity contribution in [1.82, 2.24) is 14.8 Å². The van der Waals surface area contributed by atoms with Crippen molar-refractivity contribution in [2.75, 3.05) is 0 Å². The van der Waals surface area contributed by atoms with Crippen molar-refractivity contribution in [1.29, 1.82) is 0 Å². The first-order chi connectivity index (χ1) is 7.48. The highest BCUT2D eigenvalue weighted by molar-refractivity contribution is 6.30. The van der Waals surface area contributed by atoms with E-state index in [9.17, 15) is 0 Å². The summed E-state index contributed by atoms with van der Waals surface area (Å²) in [6.07, 6.45) is 1.75. The van der Waals surface area contributed by atoms with Gasteiger partial charge in [-0.05, 0) is 45.0 Å². The van der Waals surface area contributed by atoms with Gasteiger partial charge in [0, 0.05) is 16.1 Å². The Morgan fingerprint density at radius 2 is 1.75 bits per heavy atom. The summed E-state index contributed by atoms with van der Waals surface area (Å²) in [5.41, 5.74) is 0.996. The third kappa shape index (κ3) is 2.09. The molecule has 0 N–H and O–H groups in total. The zero-order valence-corrected chi connectivity index (χ0v) is 10.4. The maximum atomic E-state index is 5.86. The van der Waals surface area contributed by atoms with Gasteiger partial charge in [0.15, 0.2) is 5.82 Å². The van der Waals surface area contributed by atoms with Gasteiger partial charge in [-0.2, -0.15) is 0 Å². The highest BCUT2D eigenvalue weighted by atomic mass is 35.5. The minimum atomic E-state index is -0.0293. The molecule has 2 aromatic rings. The summed E-state index contributed by atoms with van der Waals surface area (Å²) in [6.45, 7) is 6.36. The third-order valence-electron chi connectivity index (χ3n) is 2.37. The van der Waals surface area contributed by atoms with Crippen LogP contribution in [0.3, 0.4) is 0 Å². The van der Waals surface area contributed by atoms with Gasteiger partial charge in [0.05, 0.1) is 0 Å². The third-order valence-corrected chi connectivity index (χ3v) is 2.62. The highest BCUT2D eigenvalue weighted by Crippen LogP contribution is 2.24. The van der Waals surface area contributed by atoms with E-state index < -0.39 is 0 Å². The molecule has 0 atom stereocenters. The van der Waals surface area contributed by atoms with Crippen LogP contribution >= 0.6 is 11.6 Å². The summed E-state index contributed by atoms with van der Waals surface area (Å²) >= 11 is 5.86. The number of rotatable bonds is 1. The lowest BCUT2D eigenvalue weighted by Crippen LogP contribution is -2.21. The van der Waals surface area contributed by atoms with E-state index in [4.69, 9.17) is 11.6 Å². The summed E-state index contributed by atoms with van der Waals surface area (Å²) in [5, 5.41) is 8.85. The molecule has 0 saturated heterocycles. The Morgan fingerprint density at radius 1 is 1.12 bits per heavy atom. The van der Waals surface area contributed by atoms with Crippen LogP contribution in [0.4, 0.5) is 0 Å². The van der Waals surface area contributed by atoms with Gasteiger partial charge in [-0.3, -0.25) is 0 Å². The molecule has 0 unspecified atom stereocenters. The zero-order valence-electron chi connectivity index (χ0n) is 9.61. The fourth-order valence-electron chi connectivity index (χ4n) is 1.52. The van der Waals surface area contributed by atoms with E-state index in [1.165, 1.54) is 0 Å². The molecule has 3 nitrogen and oxygen atoms in total. The monoisotopic (exact) mass is 235 g/mol. The van der Waals surface area contributed by atoms with Crippen molar-refractivity contribution in [3.63, 3.8) is 0 Å². The fourth-order valence-corrected chi connectivity index (χ4v) is 1.65. The predicted molar refractivity (Wildman–Crippen MR) is 65.5 cm³/mol. The van der Waals surface area contributed by atoms with Gasteiger partial charge in [0.2, 0.25) is 0 Å². The summed E-state index contributed by atoms with van der Waals surface area (Å²) in [7, 11) is 0. The molecule has 0 aliphatic carbocycles. The minimum Gasteiger partial charge on any atom is -0.308 e. The highest BCUT2D eigenvalue weighted by Gasteiger charge is 2.18. The Balaban J connectivity index is 2.49. The summed E-state index contributed by atoms with van der Waals surface area (Å²) in [4.78, 5) is 0. The Bertz CT molecular complexity index is 480.